The largest absolute Gasteiger partial charge is 0.311 e. The molecule has 2 aliphatic rings. The van der Waals surface area contributed by atoms with E-state index in [0.29, 0.717) is 0 Å². The highest BCUT2D eigenvalue weighted by molar-refractivity contribution is 5.93. The molecular weight excluding hydrogens is 1010 g/mol. The molecule has 0 N–H and O–H groups in total. The first-order chi connectivity index (χ1) is 41.7. The van der Waals surface area contributed by atoms with Crippen molar-refractivity contribution in [3.63, 3.8) is 0 Å². The third kappa shape index (κ3) is 8.41. The second-order valence-corrected chi connectivity index (χ2v) is 22.0. The summed E-state index contributed by atoms with van der Waals surface area (Å²) >= 11 is 0. The fourth-order valence-corrected chi connectivity index (χ4v) is 13.7. The van der Waals surface area contributed by atoms with Crippen molar-refractivity contribution in [2.75, 3.05) is 9.80 Å². The van der Waals surface area contributed by atoms with Crippen LogP contribution in [0, 0.1) is 0 Å². The van der Waals surface area contributed by atoms with Gasteiger partial charge in [-0.05, 0) is 180 Å². The molecule has 15 rings (SSSR count). The first-order valence-electron chi connectivity index (χ1n) is 29.1. The molecule has 2 nitrogen and oxygen atoms in total. The van der Waals surface area contributed by atoms with Crippen LogP contribution in [0.3, 0.4) is 0 Å². The normalized spacial score (nSPS) is 13.1. The Morgan fingerprint density at radius 2 is 0.464 bits per heavy atom. The maximum absolute atomic E-state index is 2.46. The molecule has 13 aromatic rings. The predicted molar refractivity (Wildman–Crippen MR) is 351 cm³/mol. The lowest BCUT2D eigenvalue weighted by Crippen LogP contribution is -2.28. The zero-order valence-corrected chi connectivity index (χ0v) is 46.4. The van der Waals surface area contributed by atoms with Crippen molar-refractivity contribution in [1.29, 1.82) is 0 Å². The zero-order chi connectivity index (χ0) is 55.9. The second kappa shape index (κ2) is 21.3. The summed E-state index contributed by atoms with van der Waals surface area (Å²) in [4.78, 5) is 4.70. The molecule has 0 aliphatic heterocycles. The Bertz CT molecular complexity index is 4330. The predicted octanol–water partition coefficient (Wildman–Crippen LogP) is 21.2. The molecule has 0 unspecified atom stereocenters. The Labute approximate surface area is 492 Å². The Kier molecular flexibility index (Phi) is 12.7. The Morgan fingerprint density at radius 3 is 0.833 bits per heavy atom. The lowest BCUT2D eigenvalue weighted by atomic mass is 9.67. The Hall–Kier alpha value is -10.8. The third-order valence-corrected chi connectivity index (χ3v) is 17.4. The fraction of sp³-hybridized carbons (Fsp3) is 0.0244. The summed E-state index contributed by atoms with van der Waals surface area (Å²) < 4.78 is 0. The molecule has 0 aromatic heterocycles. The van der Waals surface area contributed by atoms with Gasteiger partial charge in [0.2, 0.25) is 0 Å². The van der Waals surface area contributed by atoms with Crippen molar-refractivity contribution < 1.29 is 0 Å². The summed E-state index contributed by atoms with van der Waals surface area (Å²) in [5, 5.41) is 0. The highest BCUT2D eigenvalue weighted by Crippen LogP contribution is 2.59. The van der Waals surface area contributed by atoms with E-state index < -0.39 is 10.8 Å². The summed E-state index contributed by atoms with van der Waals surface area (Å²) in [6.45, 7) is 0. The average Bonchev–Trinajstić information content (AvgIpc) is 2.12. The van der Waals surface area contributed by atoms with Crippen molar-refractivity contribution in [1.82, 2.24) is 0 Å². The molecular formula is C82H58N2. The lowest BCUT2D eigenvalue weighted by molar-refractivity contribution is 0.768. The number of rotatable bonds is 13. The summed E-state index contributed by atoms with van der Waals surface area (Å²) in [6, 6.07) is 125. The smallest absolute Gasteiger partial charge is 0.0714 e. The van der Waals surface area contributed by atoms with Crippen molar-refractivity contribution in [2.24, 2.45) is 0 Å². The summed E-state index contributed by atoms with van der Waals surface area (Å²) in [7, 11) is 0. The van der Waals surface area contributed by atoms with Crippen LogP contribution in [0.25, 0.3) is 45.5 Å². The minimum Gasteiger partial charge on any atom is -0.311 e. The summed E-state index contributed by atoms with van der Waals surface area (Å²) in [6.07, 6.45) is 4.63. The van der Waals surface area contributed by atoms with E-state index in [1.807, 2.05) is 0 Å². The summed E-state index contributed by atoms with van der Waals surface area (Å²) in [5.74, 6) is 0. The quantitative estimate of drug-likeness (QED) is 0.106. The van der Waals surface area contributed by atoms with Gasteiger partial charge in [0.05, 0.1) is 10.8 Å². The van der Waals surface area contributed by atoms with E-state index >= 15 is 0 Å². The van der Waals surface area contributed by atoms with E-state index in [4.69, 9.17) is 0 Å². The minimum absolute atomic E-state index is 0.593. The molecule has 0 amide bonds. The molecule has 2 aliphatic carbocycles. The van der Waals surface area contributed by atoms with Gasteiger partial charge in [-0.15, -0.1) is 0 Å². The molecule has 0 heterocycles. The first-order valence-corrected chi connectivity index (χ1v) is 29.1. The van der Waals surface area contributed by atoms with Crippen LogP contribution in [0.15, 0.2) is 340 Å². The topological polar surface area (TPSA) is 6.48 Å². The molecule has 0 radical (unpaired) electrons. The highest BCUT2D eigenvalue weighted by atomic mass is 15.1. The van der Waals surface area contributed by atoms with Crippen molar-refractivity contribution in [2.45, 2.75) is 10.8 Å². The third-order valence-electron chi connectivity index (χ3n) is 17.4. The van der Waals surface area contributed by atoms with Crippen LogP contribution in [-0.2, 0) is 10.8 Å². The Morgan fingerprint density at radius 1 is 0.202 bits per heavy atom. The van der Waals surface area contributed by atoms with E-state index in [1.54, 1.807) is 0 Å². The number of nitrogens with zero attached hydrogens (tertiary/aromatic N) is 2. The average molecular weight is 1070 g/mol. The van der Waals surface area contributed by atoms with Crippen LogP contribution in [0.4, 0.5) is 34.1 Å². The van der Waals surface area contributed by atoms with Crippen molar-refractivity contribution in [3.05, 3.63) is 395 Å². The van der Waals surface area contributed by atoms with Crippen LogP contribution in [0.5, 0.6) is 0 Å². The standard InChI is InChI=1S/C82H58N2/c1-9-25-63(26-10-1)81(64-27-11-2-12-28-64)77-55-59(43-51-73(77)75-53-47-62(57-79(75)81)61-45-48-71(49-46-61)83(67-33-17-5-18-34-67)68-35-19-6-20-36-68)41-42-60-44-52-74-76-54-50-72(84(69-37-21-7-22-38-69)70-39-23-8-24-40-70)58-80(76)82(78(74)56-60,65-29-13-3-14-30-65)66-31-15-4-16-32-66/h1-58H/b42-41+. The van der Waals surface area contributed by atoms with Gasteiger partial charge in [0, 0.05) is 34.1 Å². The highest BCUT2D eigenvalue weighted by Gasteiger charge is 2.48. The van der Waals surface area contributed by atoms with E-state index in [2.05, 4.69) is 362 Å². The molecule has 0 saturated carbocycles. The van der Waals surface area contributed by atoms with E-state index in [0.717, 1.165) is 45.3 Å². The van der Waals surface area contributed by atoms with Crippen LogP contribution >= 0.6 is 0 Å². The number of benzene rings is 13. The van der Waals surface area contributed by atoms with E-state index in [-0.39, 0.29) is 0 Å². The monoisotopic (exact) mass is 1070 g/mol. The zero-order valence-electron chi connectivity index (χ0n) is 46.4. The van der Waals surface area contributed by atoms with Crippen LogP contribution < -0.4 is 9.80 Å². The van der Waals surface area contributed by atoms with Gasteiger partial charge in [-0.25, -0.2) is 0 Å². The van der Waals surface area contributed by atoms with Crippen LogP contribution in [0.2, 0.25) is 0 Å². The van der Waals surface area contributed by atoms with Crippen molar-refractivity contribution in [3.8, 4) is 33.4 Å². The van der Waals surface area contributed by atoms with Gasteiger partial charge in [-0.1, -0.05) is 261 Å². The molecule has 2 heteroatoms. The fourth-order valence-electron chi connectivity index (χ4n) is 13.7. The van der Waals surface area contributed by atoms with Gasteiger partial charge in [0.25, 0.3) is 0 Å². The van der Waals surface area contributed by atoms with Crippen LogP contribution in [-0.4, -0.2) is 0 Å². The lowest BCUT2D eigenvalue weighted by Gasteiger charge is -2.35. The van der Waals surface area contributed by atoms with Crippen molar-refractivity contribution >= 4 is 46.3 Å². The molecule has 0 fully saturated rings. The molecule has 0 spiro atoms. The maximum Gasteiger partial charge on any atom is 0.0714 e. The van der Waals surface area contributed by atoms with Gasteiger partial charge >= 0.3 is 0 Å². The number of fused-ring (bicyclic) bond motifs is 6. The van der Waals surface area contributed by atoms with E-state index in [1.165, 1.54) is 77.9 Å². The minimum atomic E-state index is -0.609. The maximum atomic E-state index is 2.46. The van der Waals surface area contributed by atoms with Gasteiger partial charge in [-0.2, -0.15) is 0 Å². The van der Waals surface area contributed by atoms with Gasteiger partial charge < -0.3 is 9.80 Å². The van der Waals surface area contributed by atoms with Crippen LogP contribution in [0.1, 0.15) is 55.6 Å². The second-order valence-electron chi connectivity index (χ2n) is 22.0. The molecule has 84 heavy (non-hydrogen) atoms. The number of hydrogen-bond donors (Lipinski definition) is 0. The number of para-hydroxylation sites is 4. The Balaban J connectivity index is 0.845. The number of hydrogen-bond acceptors (Lipinski definition) is 2. The summed E-state index contributed by atoms with van der Waals surface area (Å²) in [5.41, 5.74) is 25.1. The van der Waals surface area contributed by atoms with Gasteiger partial charge in [0.1, 0.15) is 0 Å². The molecule has 0 bridgehead atoms. The molecule has 0 saturated heterocycles. The molecule has 0 atom stereocenters. The number of anilines is 6. The van der Waals surface area contributed by atoms with Gasteiger partial charge in [0.15, 0.2) is 0 Å². The molecule has 13 aromatic carbocycles. The molecule has 396 valence electrons. The SMILES string of the molecule is C(=C\c1ccc2c(c1)C(c1ccccc1)(c1ccccc1)c1cc(N(c3ccccc3)c3ccccc3)ccc1-2)/c1ccc2c(c1)C(c1ccccc1)(c1ccccc1)c1cc(-c3ccc(N(c4ccccc4)c4ccccc4)cc3)ccc1-2. The van der Waals surface area contributed by atoms with E-state index in [9.17, 15) is 0 Å². The first kappa shape index (κ1) is 50.2. The van der Waals surface area contributed by atoms with Gasteiger partial charge in [-0.3, -0.25) is 0 Å².